The lowest BCUT2D eigenvalue weighted by Gasteiger charge is -2.06. The normalized spacial score (nSPS) is 17.6. The molecule has 0 bridgehead atoms. The molecule has 0 unspecified atom stereocenters. The van der Waals surface area contributed by atoms with Crippen molar-refractivity contribution in [1.82, 2.24) is 5.32 Å². The summed E-state index contributed by atoms with van der Waals surface area (Å²) in [7, 11) is 0. The van der Waals surface area contributed by atoms with Crippen LogP contribution in [0.3, 0.4) is 0 Å². The van der Waals surface area contributed by atoms with Crippen LogP contribution < -0.4 is 5.32 Å². The molecule has 0 aromatic heterocycles. The van der Waals surface area contributed by atoms with Crippen molar-refractivity contribution in [2.45, 2.75) is 6.18 Å². The maximum absolute atomic E-state index is 12.4. The van der Waals surface area contributed by atoms with Crippen molar-refractivity contribution in [3.8, 4) is 0 Å². The van der Waals surface area contributed by atoms with E-state index in [-0.39, 0.29) is 11.7 Å². The summed E-state index contributed by atoms with van der Waals surface area (Å²) < 4.78 is 37.1. The molecule has 0 saturated heterocycles. The quantitative estimate of drug-likeness (QED) is 0.508. The summed E-state index contributed by atoms with van der Waals surface area (Å²) in [6.45, 7) is 3.33. The van der Waals surface area contributed by atoms with Gasteiger partial charge < -0.3 is 0 Å². The van der Waals surface area contributed by atoms with Crippen LogP contribution in [-0.2, 0) is 11.0 Å². The largest absolute Gasteiger partial charge is 0.416 e. The second-order valence-electron chi connectivity index (χ2n) is 3.89. The highest BCUT2D eigenvalue weighted by Gasteiger charge is 2.29. The van der Waals surface area contributed by atoms with Crippen LogP contribution in [0.15, 0.2) is 57.0 Å². The van der Waals surface area contributed by atoms with E-state index in [0.717, 1.165) is 12.1 Å². The second-order valence-corrected chi connectivity index (χ2v) is 3.89. The fourth-order valence-electron chi connectivity index (χ4n) is 1.31. The summed E-state index contributed by atoms with van der Waals surface area (Å²) in [6.07, 6.45) is -3.16. The van der Waals surface area contributed by atoms with Gasteiger partial charge in [-0.05, 0) is 17.7 Å². The van der Waals surface area contributed by atoms with E-state index in [4.69, 9.17) is 0 Å². The lowest BCUT2D eigenvalue weighted by atomic mass is 10.1. The molecular weight excluding hydrogens is 287 g/mol. The van der Waals surface area contributed by atoms with Gasteiger partial charge in [-0.1, -0.05) is 18.7 Å². The predicted octanol–water partition coefficient (Wildman–Crippen LogP) is 2.49. The third-order valence-electron chi connectivity index (χ3n) is 2.35. The molecule has 0 radical (unpaired) electrons. The summed E-state index contributed by atoms with van der Waals surface area (Å²) >= 11 is 0. The Bertz CT molecular complexity index is 658. The van der Waals surface area contributed by atoms with Gasteiger partial charge in [0.05, 0.1) is 11.8 Å². The number of benzene rings is 1. The fraction of sp³-hybridized carbons (Fsp3) is 0.0833. The highest BCUT2D eigenvalue weighted by molar-refractivity contribution is 6.06. The van der Waals surface area contributed by atoms with Crippen molar-refractivity contribution in [2.75, 3.05) is 0 Å². The van der Waals surface area contributed by atoms with Crippen LogP contribution in [0.25, 0.3) is 0 Å². The van der Waals surface area contributed by atoms with Crippen molar-refractivity contribution in [3.05, 3.63) is 47.7 Å². The van der Waals surface area contributed by atoms with Gasteiger partial charge in [0.1, 0.15) is 5.70 Å². The number of halogens is 3. The number of azo groups is 1. The first-order valence-corrected chi connectivity index (χ1v) is 5.56. The SMILES string of the molecule is C=C1N=N/C(=N/N=C\c2ccc(C(F)(F)F)cc2)NC1=O. The standard InChI is InChI=1S/C12H8F3N5O/c1-7-10(21)17-11(20-18-7)19-16-6-8-2-4-9(5-3-8)12(13,14)15/h2-6H,1H2,(H,17,19,21)/b16-6-. The lowest BCUT2D eigenvalue weighted by Crippen LogP contribution is -2.32. The Hall–Kier alpha value is -2.84. The van der Waals surface area contributed by atoms with Crippen molar-refractivity contribution >= 4 is 18.1 Å². The number of amides is 1. The van der Waals surface area contributed by atoms with E-state index in [1.165, 1.54) is 18.3 Å². The average molecular weight is 295 g/mol. The number of alkyl halides is 3. The van der Waals surface area contributed by atoms with E-state index in [1.54, 1.807) is 0 Å². The van der Waals surface area contributed by atoms with Gasteiger partial charge in [0.15, 0.2) is 0 Å². The zero-order valence-electron chi connectivity index (χ0n) is 10.4. The molecule has 108 valence electrons. The molecule has 1 aromatic rings. The van der Waals surface area contributed by atoms with Gasteiger partial charge in [-0.2, -0.15) is 18.3 Å². The molecule has 1 aliphatic rings. The lowest BCUT2D eigenvalue weighted by molar-refractivity contribution is -0.137. The summed E-state index contributed by atoms with van der Waals surface area (Å²) in [4.78, 5) is 11.2. The van der Waals surface area contributed by atoms with E-state index in [1.807, 2.05) is 0 Å². The summed E-state index contributed by atoms with van der Waals surface area (Å²) in [6, 6.07) is 4.35. The summed E-state index contributed by atoms with van der Waals surface area (Å²) in [5.74, 6) is -0.677. The van der Waals surface area contributed by atoms with Crippen molar-refractivity contribution < 1.29 is 18.0 Å². The third kappa shape index (κ3) is 3.81. The smallest absolute Gasteiger partial charge is 0.286 e. The van der Waals surface area contributed by atoms with Gasteiger partial charge in [-0.3, -0.25) is 10.1 Å². The Balaban J connectivity index is 2.07. The molecule has 0 saturated carbocycles. The average Bonchev–Trinajstić information content (AvgIpc) is 2.42. The topological polar surface area (TPSA) is 78.5 Å². The Labute approximate surface area is 116 Å². The van der Waals surface area contributed by atoms with Crippen LogP contribution in [0.1, 0.15) is 11.1 Å². The Morgan fingerprint density at radius 3 is 2.43 bits per heavy atom. The van der Waals surface area contributed by atoms with Crippen LogP contribution in [0.2, 0.25) is 0 Å². The Kier molecular flexibility index (Phi) is 3.92. The number of carbonyl (C=O) groups excluding carboxylic acids is 1. The molecule has 21 heavy (non-hydrogen) atoms. The monoisotopic (exact) mass is 295 g/mol. The first-order valence-electron chi connectivity index (χ1n) is 5.56. The summed E-state index contributed by atoms with van der Waals surface area (Å²) in [5, 5.41) is 16.4. The van der Waals surface area contributed by atoms with Crippen molar-refractivity contribution in [2.24, 2.45) is 20.4 Å². The van der Waals surface area contributed by atoms with E-state index >= 15 is 0 Å². The summed E-state index contributed by atoms with van der Waals surface area (Å²) in [5.41, 5.74) is -0.394. The van der Waals surface area contributed by atoms with Gasteiger partial charge in [0.25, 0.3) is 11.9 Å². The zero-order valence-corrected chi connectivity index (χ0v) is 10.4. The highest BCUT2D eigenvalue weighted by atomic mass is 19.4. The molecule has 6 nitrogen and oxygen atoms in total. The van der Waals surface area contributed by atoms with Crippen molar-refractivity contribution in [1.29, 1.82) is 0 Å². The molecule has 0 fully saturated rings. The number of nitrogens with one attached hydrogen (secondary N) is 1. The second kappa shape index (κ2) is 5.65. The third-order valence-corrected chi connectivity index (χ3v) is 2.35. The van der Waals surface area contributed by atoms with E-state index in [0.29, 0.717) is 5.56 Å². The minimum Gasteiger partial charge on any atom is -0.286 e. The van der Waals surface area contributed by atoms with Crippen LogP contribution in [0.5, 0.6) is 0 Å². The first kappa shape index (κ1) is 14.6. The molecule has 1 aromatic carbocycles. The van der Waals surface area contributed by atoms with E-state index in [2.05, 4.69) is 32.3 Å². The maximum Gasteiger partial charge on any atom is 0.416 e. The zero-order chi connectivity index (χ0) is 15.5. The molecule has 0 aliphatic carbocycles. The van der Waals surface area contributed by atoms with Gasteiger partial charge in [0, 0.05) is 0 Å². The van der Waals surface area contributed by atoms with Gasteiger partial charge in [-0.25, -0.2) is 0 Å². The number of hydrogen-bond acceptors (Lipinski definition) is 4. The molecule has 2 rings (SSSR count). The molecular formula is C12H8F3N5O. The van der Waals surface area contributed by atoms with Gasteiger partial charge in [0.2, 0.25) is 0 Å². The molecule has 0 spiro atoms. The van der Waals surface area contributed by atoms with Crippen LogP contribution >= 0.6 is 0 Å². The van der Waals surface area contributed by atoms with Crippen LogP contribution in [-0.4, -0.2) is 18.1 Å². The Morgan fingerprint density at radius 2 is 1.86 bits per heavy atom. The first-order chi connectivity index (χ1) is 9.86. The minimum absolute atomic E-state index is 0.0549. The molecule has 1 heterocycles. The van der Waals surface area contributed by atoms with E-state index < -0.39 is 17.6 Å². The fourth-order valence-corrected chi connectivity index (χ4v) is 1.31. The number of nitrogens with zero attached hydrogens (tertiary/aromatic N) is 4. The number of guanidine groups is 1. The Morgan fingerprint density at radius 1 is 1.19 bits per heavy atom. The van der Waals surface area contributed by atoms with Gasteiger partial charge >= 0.3 is 6.18 Å². The number of rotatable bonds is 2. The molecule has 1 aliphatic heterocycles. The maximum atomic E-state index is 12.4. The number of hydrogen-bond donors (Lipinski definition) is 1. The minimum atomic E-state index is -4.38. The van der Waals surface area contributed by atoms with Crippen molar-refractivity contribution in [3.63, 3.8) is 0 Å². The molecule has 0 atom stereocenters. The highest BCUT2D eigenvalue weighted by Crippen LogP contribution is 2.28. The van der Waals surface area contributed by atoms with Crippen LogP contribution in [0, 0.1) is 0 Å². The van der Waals surface area contributed by atoms with E-state index in [9.17, 15) is 18.0 Å². The van der Waals surface area contributed by atoms with Crippen LogP contribution in [0.4, 0.5) is 13.2 Å². The number of carbonyl (C=O) groups is 1. The molecule has 1 N–H and O–H groups in total. The molecule has 1 amide bonds. The predicted molar refractivity (Wildman–Crippen MR) is 68.6 cm³/mol. The van der Waals surface area contributed by atoms with Gasteiger partial charge in [-0.15, -0.1) is 15.3 Å². The molecule has 9 heteroatoms.